The van der Waals surface area contributed by atoms with Crippen molar-refractivity contribution in [2.24, 2.45) is 0 Å². The van der Waals surface area contributed by atoms with E-state index in [4.69, 9.17) is 4.74 Å². The number of morpholine rings is 1. The van der Waals surface area contributed by atoms with Crippen molar-refractivity contribution in [3.05, 3.63) is 83.7 Å². The highest BCUT2D eigenvalue weighted by Gasteiger charge is 2.11. The predicted molar refractivity (Wildman–Crippen MR) is 112 cm³/mol. The first-order valence-corrected chi connectivity index (χ1v) is 10.00. The first-order valence-electron chi connectivity index (χ1n) is 10.00. The standard InChI is InChI=1S/C23H26N4O2/c28-23(14-21-16-25-27(18-21)22-4-2-1-3-5-22)24-15-19-6-8-20(9-7-19)17-26-10-12-29-13-11-26/h1-9,16,18H,10-15,17H2,(H,24,28). The highest BCUT2D eigenvalue weighted by molar-refractivity contribution is 5.78. The lowest BCUT2D eigenvalue weighted by molar-refractivity contribution is -0.120. The van der Waals surface area contributed by atoms with Gasteiger partial charge in [-0.15, -0.1) is 0 Å². The van der Waals surface area contributed by atoms with Crippen LogP contribution in [0.1, 0.15) is 16.7 Å². The second kappa shape index (κ2) is 9.49. The summed E-state index contributed by atoms with van der Waals surface area (Å²) in [6.07, 6.45) is 3.96. The molecule has 1 N–H and O–H groups in total. The van der Waals surface area contributed by atoms with Crippen LogP contribution in [0.4, 0.5) is 0 Å². The number of amides is 1. The number of benzene rings is 2. The van der Waals surface area contributed by atoms with Crippen molar-refractivity contribution in [2.45, 2.75) is 19.5 Å². The fourth-order valence-electron chi connectivity index (χ4n) is 3.40. The lowest BCUT2D eigenvalue weighted by atomic mass is 10.1. The molecular weight excluding hydrogens is 364 g/mol. The van der Waals surface area contributed by atoms with Crippen LogP contribution in [0.25, 0.3) is 5.69 Å². The fourth-order valence-corrected chi connectivity index (χ4v) is 3.40. The van der Waals surface area contributed by atoms with Crippen LogP contribution in [-0.2, 0) is 29.0 Å². The van der Waals surface area contributed by atoms with Crippen molar-refractivity contribution in [2.75, 3.05) is 26.3 Å². The molecule has 1 aliphatic heterocycles. The number of carbonyl (C=O) groups excluding carboxylic acids is 1. The van der Waals surface area contributed by atoms with E-state index in [1.807, 2.05) is 36.5 Å². The molecule has 2 aromatic carbocycles. The molecule has 0 unspecified atom stereocenters. The Morgan fingerprint density at radius 1 is 0.966 bits per heavy atom. The van der Waals surface area contributed by atoms with Crippen molar-refractivity contribution < 1.29 is 9.53 Å². The van der Waals surface area contributed by atoms with Crippen molar-refractivity contribution in [1.29, 1.82) is 0 Å². The Morgan fingerprint density at radius 2 is 1.69 bits per heavy atom. The van der Waals surface area contributed by atoms with Crippen LogP contribution in [0.15, 0.2) is 67.0 Å². The van der Waals surface area contributed by atoms with Gasteiger partial charge >= 0.3 is 0 Å². The topological polar surface area (TPSA) is 59.4 Å². The molecule has 1 fully saturated rings. The molecule has 3 aromatic rings. The van der Waals surface area contributed by atoms with Gasteiger partial charge in [0.2, 0.25) is 5.91 Å². The van der Waals surface area contributed by atoms with Crippen LogP contribution < -0.4 is 5.32 Å². The van der Waals surface area contributed by atoms with E-state index < -0.39 is 0 Å². The van der Waals surface area contributed by atoms with Crippen molar-refractivity contribution in [3.63, 3.8) is 0 Å². The van der Waals surface area contributed by atoms with Crippen LogP contribution in [-0.4, -0.2) is 46.9 Å². The molecule has 1 aliphatic rings. The molecule has 2 heterocycles. The lowest BCUT2D eigenvalue weighted by Crippen LogP contribution is -2.35. The second-order valence-electron chi connectivity index (χ2n) is 7.29. The number of nitrogens with one attached hydrogen (secondary N) is 1. The maximum Gasteiger partial charge on any atom is 0.224 e. The third-order valence-corrected chi connectivity index (χ3v) is 5.04. The molecule has 150 valence electrons. The van der Waals surface area contributed by atoms with Gasteiger partial charge in [-0.2, -0.15) is 5.10 Å². The van der Waals surface area contributed by atoms with E-state index in [0.29, 0.717) is 13.0 Å². The lowest BCUT2D eigenvalue weighted by Gasteiger charge is -2.26. The van der Waals surface area contributed by atoms with E-state index in [1.54, 1.807) is 10.9 Å². The summed E-state index contributed by atoms with van der Waals surface area (Å²) in [5, 5.41) is 7.33. The summed E-state index contributed by atoms with van der Waals surface area (Å²) in [5.74, 6) is -0.00463. The highest BCUT2D eigenvalue weighted by atomic mass is 16.5. The number of hydrogen-bond acceptors (Lipinski definition) is 4. The van der Waals surface area contributed by atoms with Gasteiger partial charge < -0.3 is 10.1 Å². The largest absolute Gasteiger partial charge is 0.379 e. The first-order chi connectivity index (χ1) is 14.3. The number of nitrogens with zero attached hydrogens (tertiary/aromatic N) is 3. The summed E-state index contributed by atoms with van der Waals surface area (Å²) in [6.45, 7) is 5.07. The first kappa shape index (κ1) is 19.4. The Kier molecular flexibility index (Phi) is 6.34. The molecule has 0 aliphatic carbocycles. The van der Waals surface area contributed by atoms with Crippen LogP contribution in [0.2, 0.25) is 0 Å². The van der Waals surface area contributed by atoms with Crippen molar-refractivity contribution >= 4 is 5.91 Å². The third kappa shape index (κ3) is 5.53. The Hall–Kier alpha value is -2.96. The molecular formula is C23H26N4O2. The third-order valence-electron chi connectivity index (χ3n) is 5.04. The van der Waals surface area contributed by atoms with Crippen molar-refractivity contribution in [1.82, 2.24) is 20.0 Å². The van der Waals surface area contributed by atoms with E-state index in [1.165, 1.54) is 5.56 Å². The quantitative estimate of drug-likeness (QED) is 0.674. The number of rotatable bonds is 7. The van der Waals surface area contributed by atoms with Crippen LogP contribution in [0.5, 0.6) is 0 Å². The molecule has 0 bridgehead atoms. The Balaban J connectivity index is 1.25. The minimum atomic E-state index is -0.00463. The minimum absolute atomic E-state index is 0.00463. The predicted octanol–water partition coefficient (Wildman–Crippen LogP) is 2.56. The summed E-state index contributed by atoms with van der Waals surface area (Å²) in [5.41, 5.74) is 4.27. The Bertz CT molecular complexity index is 916. The van der Waals surface area contributed by atoms with E-state index in [-0.39, 0.29) is 5.91 Å². The summed E-state index contributed by atoms with van der Waals surface area (Å²) in [6, 6.07) is 18.3. The van der Waals surface area contributed by atoms with E-state index in [0.717, 1.165) is 49.7 Å². The van der Waals surface area contributed by atoms with E-state index in [9.17, 15) is 4.79 Å². The molecule has 29 heavy (non-hydrogen) atoms. The summed E-state index contributed by atoms with van der Waals surface area (Å²) >= 11 is 0. The molecule has 4 rings (SSSR count). The molecule has 0 atom stereocenters. The monoisotopic (exact) mass is 390 g/mol. The molecule has 0 spiro atoms. The van der Waals surface area contributed by atoms with Crippen LogP contribution in [0.3, 0.4) is 0 Å². The molecule has 0 radical (unpaired) electrons. The maximum absolute atomic E-state index is 12.3. The second-order valence-corrected chi connectivity index (χ2v) is 7.29. The Morgan fingerprint density at radius 3 is 2.45 bits per heavy atom. The van der Waals surface area contributed by atoms with Gasteiger partial charge in [0, 0.05) is 32.4 Å². The number of hydrogen-bond donors (Lipinski definition) is 1. The van der Waals surface area contributed by atoms with Crippen LogP contribution in [0, 0.1) is 0 Å². The molecule has 1 aromatic heterocycles. The Labute approximate surface area is 171 Å². The molecule has 1 amide bonds. The summed E-state index contributed by atoms with van der Waals surface area (Å²) < 4.78 is 7.18. The average Bonchev–Trinajstić information content (AvgIpc) is 3.23. The van der Waals surface area contributed by atoms with Crippen molar-refractivity contribution in [3.8, 4) is 5.69 Å². The minimum Gasteiger partial charge on any atom is -0.379 e. The van der Waals surface area contributed by atoms with Gasteiger partial charge in [0.25, 0.3) is 0 Å². The van der Waals surface area contributed by atoms with Crippen LogP contribution >= 0.6 is 0 Å². The SMILES string of the molecule is O=C(Cc1cnn(-c2ccccc2)c1)NCc1ccc(CN2CCOCC2)cc1. The zero-order chi connectivity index (χ0) is 19.9. The number of carbonyl (C=O) groups is 1. The van der Waals surface area contributed by atoms with Gasteiger partial charge in [-0.1, -0.05) is 42.5 Å². The van der Waals surface area contributed by atoms with Gasteiger partial charge in [-0.25, -0.2) is 4.68 Å². The maximum atomic E-state index is 12.3. The molecule has 6 heteroatoms. The zero-order valence-electron chi connectivity index (χ0n) is 16.5. The smallest absolute Gasteiger partial charge is 0.224 e. The van der Waals surface area contributed by atoms with Gasteiger partial charge in [-0.05, 0) is 28.8 Å². The van der Waals surface area contributed by atoms with Gasteiger partial charge in [0.15, 0.2) is 0 Å². The highest BCUT2D eigenvalue weighted by Crippen LogP contribution is 2.10. The number of ether oxygens (including phenoxy) is 1. The summed E-state index contributed by atoms with van der Waals surface area (Å²) in [4.78, 5) is 14.7. The van der Waals surface area contributed by atoms with Gasteiger partial charge in [0.1, 0.15) is 0 Å². The molecule has 0 saturated carbocycles. The average molecular weight is 390 g/mol. The zero-order valence-corrected chi connectivity index (χ0v) is 16.5. The summed E-state index contributed by atoms with van der Waals surface area (Å²) in [7, 11) is 0. The van der Waals surface area contributed by atoms with Gasteiger partial charge in [-0.3, -0.25) is 9.69 Å². The molecule has 1 saturated heterocycles. The fraction of sp³-hybridized carbons (Fsp3) is 0.304. The normalized spacial score (nSPS) is 14.6. The number of aromatic nitrogens is 2. The number of para-hydroxylation sites is 1. The van der Waals surface area contributed by atoms with Gasteiger partial charge in [0.05, 0.1) is 31.5 Å². The van der Waals surface area contributed by atoms with E-state index >= 15 is 0 Å². The van der Waals surface area contributed by atoms with E-state index in [2.05, 4.69) is 39.6 Å². The molecule has 6 nitrogen and oxygen atoms in total.